The zero-order valence-electron chi connectivity index (χ0n) is 15.8. The lowest BCUT2D eigenvalue weighted by Crippen LogP contribution is -2.39. The molecular weight excluding hydrogens is 328 g/mol. The fourth-order valence-electron chi connectivity index (χ4n) is 2.55. The summed E-state index contributed by atoms with van der Waals surface area (Å²) in [7, 11) is 0. The molecule has 6 heteroatoms. The summed E-state index contributed by atoms with van der Waals surface area (Å²) in [5, 5.41) is 10.1. The van der Waals surface area contributed by atoms with Gasteiger partial charge in [-0.05, 0) is 43.9 Å². The van der Waals surface area contributed by atoms with E-state index in [1.807, 2.05) is 62.0 Å². The predicted molar refractivity (Wildman–Crippen MR) is 102 cm³/mol. The maximum Gasteiger partial charge on any atom is 0.239 e. The molecular formula is C20H28N4O2. The maximum absolute atomic E-state index is 11.8. The number of amides is 2. The Hall–Kier alpha value is -2.63. The maximum atomic E-state index is 11.8. The Labute approximate surface area is 155 Å². The van der Waals surface area contributed by atoms with E-state index < -0.39 is 0 Å². The molecule has 1 aromatic carbocycles. The van der Waals surface area contributed by atoms with Crippen molar-refractivity contribution in [2.75, 3.05) is 13.1 Å². The Morgan fingerprint density at radius 2 is 1.92 bits per heavy atom. The van der Waals surface area contributed by atoms with Crippen LogP contribution in [0, 0.1) is 12.8 Å². The lowest BCUT2D eigenvalue weighted by Gasteiger charge is -2.10. The molecule has 0 aliphatic rings. The number of carbonyl (C=O) groups is 2. The van der Waals surface area contributed by atoms with Crippen LogP contribution in [0.4, 0.5) is 0 Å². The minimum atomic E-state index is -0.154. The van der Waals surface area contributed by atoms with E-state index in [2.05, 4.69) is 15.7 Å². The normalized spacial score (nSPS) is 11.8. The van der Waals surface area contributed by atoms with Crippen LogP contribution in [0.5, 0.6) is 0 Å². The van der Waals surface area contributed by atoms with Gasteiger partial charge in [-0.15, -0.1) is 0 Å². The van der Waals surface area contributed by atoms with Gasteiger partial charge in [0, 0.05) is 18.7 Å². The molecule has 0 saturated heterocycles. The first-order valence-corrected chi connectivity index (χ1v) is 9.16. The predicted octanol–water partition coefficient (Wildman–Crippen LogP) is 2.39. The second-order valence-corrected chi connectivity index (χ2v) is 6.50. The quantitative estimate of drug-likeness (QED) is 0.678. The van der Waals surface area contributed by atoms with Crippen molar-refractivity contribution in [2.45, 2.75) is 40.0 Å². The minimum Gasteiger partial charge on any atom is -0.355 e. The number of aromatic nitrogens is 2. The lowest BCUT2D eigenvalue weighted by atomic mass is 10.1. The highest BCUT2D eigenvalue weighted by molar-refractivity contribution is 5.85. The molecule has 1 atom stereocenters. The van der Waals surface area contributed by atoms with Crippen molar-refractivity contribution in [3.05, 3.63) is 47.8 Å². The molecule has 0 aliphatic carbocycles. The largest absolute Gasteiger partial charge is 0.355 e. The van der Waals surface area contributed by atoms with Gasteiger partial charge in [0.1, 0.15) is 0 Å². The first-order valence-electron chi connectivity index (χ1n) is 9.16. The summed E-state index contributed by atoms with van der Waals surface area (Å²) in [5.41, 5.74) is 3.21. The number of para-hydroxylation sites is 1. The van der Waals surface area contributed by atoms with Crippen molar-refractivity contribution in [1.29, 1.82) is 0 Å². The van der Waals surface area contributed by atoms with Crippen molar-refractivity contribution in [3.63, 3.8) is 0 Å². The van der Waals surface area contributed by atoms with E-state index in [-0.39, 0.29) is 24.3 Å². The molecule has 0 spiro atoms. The highest BCUT2D eigenvalue weighted by atomic mass is 16.2. The molecule has 0 saturated carbocycles. The fourth-order valence-corrected chi connectivity index (χ4v) is 2.55. The highest BCUT2D eigenvalue weighted by Crippen LogP contribution is 2.13. The summed E-state index contributed by atoms with van der Waals surface area (Å²) in [4.78, 5) is 23.4. The fraction of sp³-hybridized carbons (Fsp3) is 0.450. The van der Waals surface area contributed by atoms with Crippen LogP contribution in [-0.4, -0.2) is 34.7 Å². The second kappa shape index (κ2) is 9.75. The number of rotatable bonds is 9. The van der Waals surface area contributed by atoms with E-state index in [0.717, 1.165) is 30.6 Å². The van der Waals surface area contributed by atoms with Crippen molar-refractivity contribution >= 4 is 11.8 Å². The van der Waals surface area contributed by atoms with Gasteiger partial charge in [-0.1, -0.05) is 32.0 Å². The van der Waals surface area contributed by atoms with Crippen molar-refractivity contribution in [3.8, 4) is 5.69 Å². The van der Waals surface area contributed by atoms with Crippen LogP contribution in [0.1, 0.15) is 37.9 Å². The summed E-state index contributed by atoms with van der Waals surface area (Å²) in [5.74, 6) is -0.295. The minimum absolute atomic E-state index is 0.0359. The standard InChI is InChI=1S/C20H28N4O2/c1-4-15(2)20(26)22-13-19(25)21-12-8-9-17-14-24(23-16(17)3)18-10-6-5-7-11-18/h5-7,10-11,14-15H,4,8-9,12-13H2,1-3H3,(H,21,25)(H,22,26). The highest BCUT2D eigenvalue weighted by Gasteiger charge is 2.11. The number of hydrogen-bond donors (Lipinski definition) is 2. The van der Waals surface area contributed by atoms with Gasteiger partial charge < -0.3 is 10.6 Å². The number of nitrogens with one attached hydrogen (secondary N) is 2. The zero-order chi connectivity index (χ0) is 18.9. The van der Waals surface area contributed by atoms with Crippen LogP contribution < -0.4 is 10.6 Å². The third-order valence-corrected chi connectivity index (χ3v) is 4.45. The Morgan fingerprint density at radius 3 is 2.62 bits per heavy atom. The Morgan fingerprint density at radius 1 is 1.19 bits per heavy atom. The molecule has 1 unspecified atom stereocenters. The third kappa shape index (κ3) is 5.72. The number of carbonyl (C=O) groups excluding carboxylic acids is 2. The number of aryl methyl sites for hydroxylation is 2. The van der Waals surface area contributed by atoms with Gasteiger partial charge in [-0.2, -0.15) is 5.10 Å². The lowest BCUT2D eigenvalue weighted by molar-refractivity contribution is -0.128. The summed E-state index contributed by atoms with van der Waals surface area (Å²) >= 11 is 0. The van der Waals surface area contributed by atoms with Gasteiger partial charge in [0.05, 0.1) is 17.9 Å². The molecule has 2 amide bonds. The topological polar surface area (TPSA) is 76.0 Å². The van der Waals surface area contributed by atoms with Gasteiger partial charge in [-0.25, -0.2) is 4.68 Å². The van der Waals surface area contributed by atoms with Crippen LogP contribution in [0.2, 0.25) is 0 Å². The van der Waals surface area contributed by atoms with Crippen LogP contribution in [0.3, 0.4) is 0 Å². The van der Waals surface area contributed by atoms with Crippen LogP contribution in [-0.2, 0) is 16.0 Å². The molecule has 0 bridgehead atoms. The van der Waals surface area contributed by atoms with Gasteiger partial charge in [0.25, 0.3) is 0 Å². The molecule has 2 aromatic rings. The molecule has 2 N–H and O–H groups in total. The average molecular weight is 356 g/mol. The first-order chi connectivity index (χ1) is 12.5. The molecule has 0 aliphatic heterocycles. The van der Waals surface area contributed by atoms with Crippen LogP contribution >= 0.6 is 0 Å². The molecule has 1 aromatic heterocycles. The third-order valence-electron chi connectivity index (χ3n) is 4.45. The molecule has 26 heavy (non-hydrogen) atoms. The first kappa shape index (κ1) is 19.7. The van der Waals surface area contributed by atoms with Gasteiger partial charge >= 0.3 is 0 Å². The molecule has 0 fully saturated rings. The van der Waals surface area contributed by atoms with E-state index in [0.29, 0.717) is 6.54 Å². The summed E-state index contributed by atoms with van der Waals surface area (Å²) in [6, 6.07) is 9.99. The number of hydrogen-bond acceptors (Lipinski definition) is 3. The van der Waals surface area contributed by atoms with Crippen molar-refractivity contribution in [1.82, 2.24) is 20.4 Å². The van der Waals surface area contributed by atoms with E-state index >= 15 is 0 Å². The molecule has 1 heterocycles. The Kier molecular flexibility index (Phi) is 7.38. The van der Waals surface area contributed by atoms with Crippen molar-refractivity contribution < 1.29 is 9.59 Å². The van der Waals surface area contributed by atoms with Gasteiger partial charge in [-0.3, -0.25) is 9.59 Å². The summed E-state index contributed by atoms with van der Waals surface area (Å²) in [6.07, 6.45) is 4.48. The molecule has 6 nitrogen and oxygen atoms in total. The average Bonchev–Trinajstić information content (AvgIpc) is 3.04. The van der Waals surface area contributed by atoms with Gasteiger partial charge in [0.15, 0.2) is 0 Å². The van der Waals surface area contributed by atoms with E-state index in [1.54, 1.807) is 0 Å². The van der Waals surface area contributed by atoms with E-state index in [4.69, 9.17) is 0 Å². The van der Waals surface area contributed by atoms with E-state index in [1.165, 1.54) is 5.56 Å². The summed E-state index contributed by atoms with van der Waals surface area (Å²) < 4.78 is 1.88. The molecule has 2 rings (SSSR count). The monoisotopic (exact) mass is 356 g/mol. The molecule has 140 valence electrons. The zero-order valence-corrected chi connectivity index (χ0v) is 15.8. The number of benzene rings is 1. The summed E-state index contributed by atoms with van der Waals surface area (Å²) in [6.45, 7) is 6.41. The number of nitrogens with zero attached hydrogens (tertiary/aromatic N) is 2. The second-order valence-electron chi connectivity index (χ2n) is 6.50. The van der Waals surface area contributed by atoms with Crippen LogP contribution in [0.15, 0.2) is 36.5 Å². The van der Waals surface area contributed by atoms with Crippen LogP contribution in [0.25, 0.3) is 5.69 Å². The Balaban J connectivity index is 1.72. The van der Waals surface area contributed by atoms with Gasteiger partial charge in [0.2, 0.25) is 11.8 Å². The van der Waals surface area contributed by atoms with E-state index in [9.17, 15) is 9.59 Å². The Bertz CT molecular complexity index is 725. The smallest absolute Gasteiger partial charge is 0.239 e. The van der Waals surface area contributed by atoms with Crippen molar-refractivity contribution in [2.24, 2.45) is 5.92 Å². The molecule has 0 radical (unpaired) electrons. The SMILES string of the molecule is CCC(C)C(=O)NCC(=O)NCCCc1cn(-c2ccccc2)nc1C.